The molecule has 0 bridgehead atoms. The van der Waals surface area contributed by atoms with Crippen LogP contribution in [-0.4, -0.2) is 29.0 Å². The number of hydrogen-bond acceptors (Lipinski definition) is 4. The lowest BCUT2D eigenvalue weighted by atomic mass is 10.1. The van der Waals surface area contributed by atoms with Crippen molar-refractivity contribution in [3.63, 3.8) is 0 Å². The Morgan fingerprint density at radius 3 is 2.72 bits per heavy atom. The van der Waals surface area contributed by atoms with E-state index < -0.39 is 11.7 Å². The van der Waals surface area contributed by atoms with E-state index in [0.717, 1.165) is 18.9 Å². The lowest BCUT2D eigenvalue weighted by molar-refractivity contribution is 0.102. The van der Waals surface area contributed by atoms with E-state index in [4.69, 9.17) is 0 Å². The third-order valence-electron chi connectivity index (χ3n) is 4.35. The van der Waals surface area contributed by atoms with Crippen LogP contribution in [0, 0.1) is 5.82 Å². The fraction of sp³-hybridized carbons (Fsp3) is 0.211. The van der Waals surface area contributed by atoms with Gasteiger partial charge in [0.05, 0.1) is 23.0 Å². The fourth-order valence-corrected chi connectivity index (χ4v) is 3.12. The van der Waals surface area contributed by atoms with E-state index in [0.29, 0.717) is 16.6 Å². The van der Waals surface area contributed by atoms with Crippen LogP contribution >= 0.6 is 0 Å². The summed E-state index contributed by atoms with van der Waals surface area (Å²) in [6.45, 7) is 2.03. The van der Waals surface area contributed by atoms with Crippen LogP contribution in [0.2, 0.25) is 0 Å². The number of nitrogens with zero attached hydrogens (tertiary/aromatic N) is 3. The van der Waals surface area contributed by atoms with E-state index in [1.807, 2.05) is 12.1 Å². The maximum absolute atomic E-state index is 13.8. The molecule has 1 aromatic carbocycles. The number of carbonyl (C=O) groups is 1. The van der Waals surface area contributed by atoms with Crippen molar-refractivity contribution in [2.45, 2.75) is 12.8 Å². The number of aromatic nitrogens is 2. The fourth-order valence-electron chi connectivity index (χ4n) is 3.12. The Balaban J connectivity index is 1.58. The third kappa shape index (κ3) is 3.15. The monoisotopic (exact) mass is 336 g/mol. The van der Waals surface area contributed by atoms with E-state index >= 15 is 0 Å². The smallest absolute Gasteiger partial charge is 0.258 e. The summed E-state index contributed by atoms with van der Waals surface area (Å²) < 4.78 is 13.8. The molecule has 126 valence electrons. The topological polar surface area (TPSA) is 58.1 Å². The first-order chi connectivity index (χ1) is 12.2. The van der Waals surface area contributed by atoms with E-state index in [2.05, 4.69) is 20.2 Å². The standard InChI is InChI=1S/C19H17FN4O/c20-14-10-13-4-3-7-21-18(13)16(11-14)19(25)23-15-5-6-17(22-12-15)24-8-1-2-9-24/h3-7,10-12H,1-2,8-9H2,(H,23,25). The van der Waals surface area contributed by atoms with Crippen LogP contribution in [0.15, 0.2) is 48.8 Å². The van der Waals surface area contributed by atoms with Crippen molar-refractivity contribution < 1.29 is 9.18 Å². The van der Waals surface area contributed by atoms with Crippen molar-refractivity contribution in [2.24, 2.45) is 0 Å². The summed E-state index contributed by atoms with van der Waals surface area (Å²) in [5, 5.41) is 3.36. The summed E-state index contributed by atoms with van der Waals surface area (Å²) in [5.74, 6) is 0.0421. The van der Waals surface area contributed by atoms with Gasteiger partial charge in [0.2, 0.25) is 0 Å². The highest BCUT2D eigenvalue weighted by Gasteiger charge is 2.15. The lowest BCUT2D eigenvalue weighted by Crippen LogP contribution is -2.19. The van der Waals surface area contributed by atoms with Crippen LogP contribution in [0.3, 0.4) is 0 Å². The zero-order valence-electron chi connectivity index (χ0n) is 13.6. The van der Waals surface area contributed by atoms with Gasteiger partial charge in [-0.3, -0.25) is 9.78 Å². The average Bonchev–Trinajstić information content (AvgIpc) is 3.16. The Labute approximate surface area is 144 Å². The van der Waals surface area contributed by atoms with Crippen LogP contribution in [0.4, 0.5) is 15.9 Å². The zero-order valence-corrected chi connectivity index (χ0v) is 13.6. The van der Waals surface area contributed by atoms with Gasteiger partial charge < -0.3 is 10.2 Å². The SMILES string of the molecule is O=C(Nc1ccc(N2CCCC2)nc1)c1cc(F)cc2cccnc12. The molecule has 2 aromatic heterocycles. The van der Waals surface area contributed by atoms with Crippen molar-refractivity contribution in [1.29, 1.82) is 0 Å². The minimum absolute atomic E-state index is 0.208. The second-order valence-corrected chi connectivity index (χ2v) is 6.08. The number of pyridine rings is 2. The van der Waals surface area contributed by atoms with Gasteiger partial charge in [0.1, 0.15) is 11.6 Å². The molecule has 1 amide bonds. The van der Waals surface area contributed by atoms with Crippen molar-refractivity contribution in [3.05, 3.63) is 60.2 Å². The number of halogens is 1. The molecule has 3 aromatic rings. The summed E-state index contributed by atoms with van der Waals surface area (Å²) in [7, 11) is 0. The maximum atomic E-state index is 13.8. The number of amides is 1. The normalized spacial score (nSPS) is 14.0. The Kier molecular flexibility index (Phi) is 4.01. The van der Waals surface area contributed by atoms with Gasteiger partial charge in [0.25, 0.3) is 5.91 Å². The molecule has 0 spiro atoms. The average molecular weight is 336 g/mol. The van der Waals surface area contributed by atoms with Gasteiger partial charge in [0.15, 0.2) is 0 Å². The molecule has 0 saturated carbocycles. The zero-order chi connectivity index (χ0) is 17.2. The first-order valence-electron chi connectivity index (χ1n) is 8.27. The molecule has 6 heteroatoms. The molecule has 0 unspecified atom stereocenters. The van der Waals surface area contributed by atoms with Crippen LogP contribution in [-0.2, 0) is 0 Å². The number of fused-ring (bicyclic) bond motifs is 1. The minimum Gasteiger partial charge on any atom is -0.357 e. The summed E-state index contributed by atoms with van der Waals surface area (Å²) in [6.07, 6.45) is 5.57. The van der Waals surface area contributed by atoms with E-state index in [9.17, 15) is 9.18 Å². The molecular weight excluding hydrogens is 319 g/mol. The lowest BCUT2D eigenvalue weighted by Gasteiger charge is -2.16. The van der Waals surface area contributed by atoms with E-state index in [-0.39, 0.29) is 5.56 Å². The molecule has 0 atom stereocenters. The molecule has 5 nitrogen and oxygen atoms in total. The molecule has 0 aliphatic carbocycles. The van der Waals surface area contributed by atoms with E-state index in [1.165, 1.54) is 25.0 Å². The van der Waals surface area contributed by atoms with Crippen LogP contribution < -0.4 is 10.2 Å². The van der Waals surface area contributed by atoms with Gasteiger partial charge in [-0.05, 0) is 43.2 Å². The summed E-state index contributed by atoms with van der Waals surface area (Å²) in [5.41, 5.74) is 1.25. The van der Waals surface area contributed by atoms with Crippen molar-refractivity contribution in [1.82, 2.24) is 9.97 Å². The number of nitrogens with one attached hydrogen (secondary N) is 1. The third-order valence-corrected chi connectivity index (χ3v) is 4.35. The minimum atomic E-state index is -0.465. The number of benzene rings is 1. The first kappa shape index (κ1) is 15.5. The van der Waals surface area contributed by atoms with Crippen LogP contribution in [0.5, 0.6) is 0 Å². The Hall–Kier alpha value is -3.02. The highest BCUT2D eigenvalue weighted by atomic mass is 19.1. The molecule has 3 heterocycles. The molecule has 25 heavy (non-hydrogen) atoms. The first-order valence-corrected chi connectivity index (χ1v) is 8.27. The van der Waals surface area contributed by atoms with Crippen molar-refractivity contribution in [3.8, 4) is 0 Å². The number of carbonyl (C=O) groups excluding carboxylic acids is 1. The number of anilines is 2. The van der Waals surface area contributed by atoms with Crippen molar-refractivity contribution in [2.75, 3.05) is 23.3 Å². The largest absolute Gasteiger partial charge is 0.357 e. The maximum Gasteiger partial charge on any atom is 0.258 e. The molecule has 1 aliphatic rings. The molecule has 4 rings (SSSR count). The van der Waals surface area contributed by atoms with Gasteiger partial charge in [-0.2, -0.15) is 0 Å². The number of hydrogen-bond donors (Lipinski definition) is 1. The second-order valence-electron chi connectivity index (χ2n) is 6.08. The molecular formula is C19H17FN4O. The number of rotatable bonds is 3. The second kappa shape index (κ2) is 6.47. The van der Waals surface area contributed by atoms with Gasteiger partial charge in [-0.25, -0.2) is 9.37 Å². The van der Waals surface area contributed by atoms with Gasteiger partial charge >= 0.3 is 0 Å². The molecule has 1 N–H and O–H groups in total. The van der Waals surface area contributed by atoms with Crippen LogP contribution in [0.1, 0.15) is 23.2 Å². The Morgan fingerprint density at radius 2 is 1.96 bits per heavy atom. The van der Waals surface area contributed by atoms with E-state index in [1.54, 1.807) is 24.5 Å². The Morgan fingerprint density at radius 1 is 1.12 bits per heavy atom. The van der Waals surface area contributed by atoms with Gasteiger partial charge in [-0.1, -0.05) is 6.07 Å². The Bertz CT molecular complexity index is 920. The van der Waals surface area contributed by atoms with Gasteiger partial charge in [0, 0.05) is 24.7 Å². The summed E-state index contributed by atoms with van der Waals surface area (Å²) in [4.78, 5) is 23.4. The van der Waals surface area contributed by atoms with Crippen LogP contribution in [0.25, 0.3) is 10.9 Å². The van der Waals surface area contributed by atoms with Gasteiger partial charge in [-0.15, -0.1) is 0 Å². The molecule has 0 radical (unpaired) electrons. The highest BCUT2D eigenvalue weighted by Crippen LogP contribution is 2.22. The summed E-state index contributed by atoms with van der Waals surface area (Å²) in [6, 6.07) is 9.72. The predicted molar refractivity (Wildman–Crippen MR) is 95.3 cm³/mol. The van der Waals surface area contributed by atoms with Crippen molar-refractivity contribution >= 4 is 28.3 Å². The molecule has 1 aliphatic heterocycles. The summed E-state index contributed by atoms with van der Waals surface area (Å²) >= 11 is 0. The molecule has 1 saturated heterocycles. The molecule has 1 fully saturated rings. The quantitative estimate of drug-likeness (QED) is 0.794. The highest BCUT2D eigenvalue weighted by molar-refractivity contribution is 6.11. The predicted octanol–water partition coefficient (Wildman–Crippen LogP) is 3.62.